The van der Waals surface area contributed by atoms with Crippen LogP contribution in [-0.4, -0.2) is 17.5 Å². The molecule has 2 unspecified atom stereocenters. The van der Waals surface area contributed by atoms with Gasteiger partial charge in [0, 0.05) is 22.7 Å². The van der Waals surface area contributed by atoms with Crippen LogP contribution in [-0.2, 0) is 6.54 Å². The van der Waals surface area contributed by atoms with Crippen LogP contribution in [0.2, 0.25) is 0 Å². The van der Waals surface area contributed by atoms with Crippen molar-refractivity contribution in [2.24, 2.45) is 5.92 Å². The van der Waals surface area contributed by atoms with Gasteiger partial charge in [-0.1, -0.05) is 19.1 Å². The molecule has 2 N–H and O–H groups in total. The quantitative estimate of drug-likeness (QED) is 0.844. The van der Waals surface area contributed by atoms with Crippen LogP contribution in [0.25, 0.3) is 0 Å². The molecule has 1 aliphatic heterocycles. The van der Waals surface area contributed by atoms with E-state index in [0.29, 0.717) is 6.04 Å². The van der Waals surface area contributed by atoms with E-state index >= 15 is 0 Å². The zero-order valence-electron chi connectivity index (χ0n) is 10.6. The second-order valence-electron chi connectivity index (χ2n) is 5.15. The Morgan fingerprint density at radius 3 is 2.94 bits per heavy atom. The predicted octanol–water partition coefficient (Wildman–Crippen LogP) is 3.65. The minimum absolute atomic E-state index is 0.664. The van der Waals surface area contributed by atoms with Crippen molar-refractivity contribution in [3.63, 3.8) is 0 Å². The molecule has 0 saturated carbocycles. The van der Waals surface area contributed by atoms with Gasteiger partial charge in [0.15, 0.2) is 0 Å². The smallest absolute Gasteiger partial charge is 0.0461 e. The van der Waals surface area contributed by atoms with Crippen molar-refractivity contribution < 1.29 is 0 Å². The van der Waals surface area contributed by atoms with Gasteiger partial charge in [-0.15, -0.1) is 0 Å². The number of halogens is 1. The van der Waals surface area contributed by atoms with Crippen molar-refractivity contribution in [2.45, 2.75) is 39.3 Å². The van der Waals surface area contributed by atoms with Crippen molar-refractivity contribution in [3.05, 3.63) is 28.2 Å². The molecule has 1 saturated heterocycles. The first-order valence-corrected chi connectivity index (χ1v) is 7.16. The Kier molecular flexibility index (Phi) is 4.10. The summed E-state index contributed by atoms with van der Waals surface area (Å²) in [5, 5.41) is 0. The molecule has 0 spiro atoms. The van der Waals surface area contributed by atoms with Gasteiger partial charge in [-0.25, -0.2) is 0 Å². The molecule has 0 aliphatic carbocycles. The third-order valence-corrected chi connectivity index (χ3v) is 4.95. The number of likely N-dealkylation sites (tertiary alicyclic amines) is 1. The summed E-state index contributed by atoms with van der Waals surface area (Å²) in [6, 6.07) is 6.80. The average molecular weight is 297 g/mol. The minimum Gasteiger partial charge on any atom is -0.398 e. The number of hydrogen-bond donors (Lipinski definition) is 1. The van der Waals surface area contributed by atoms with Crippen molar-refractivity contribution in [1.29, 1.82) is 0 Å². The maximum atomic E-state index is 5.92. The average Bonchev–Trinajstić information content (AvgIpc) is 2.31. The lowest BCUT2D eigenvalue weighted by Gasteiger charge is -2.38. The molecule has 2 atom stereocenters. The molecule has 0 aromatic heterocycles. The topological polar surface area (TPSA) is 29.3 Å². The van der Waals surface area contributed by atoms with E-state index in [9.17, 15) is 0 Å². The molecule has 0 radical (unpaired) electrons. The highest BCUT2D eigenvalue weighted by Gasteiger charge is 2.24. The van der Waals surface area contributed by atoms with Gasteiger partial charge in [-0.3, -0.25) is 4.90 Å². The van der Waals surface area contributed by atoms with E-state index in [2.05, 4.69) is 40.7 Å². The Morgan fingerprint density at radius 2 is 2.18 bits per heavy atom. The molecule has 0 bridgehead atoms. The molecule has 1 fully saturated rings. The van der Waals surface area contributed by atoms with Crippen LogP contribution in [0.1, 0.15) is 32.3 Å². The fraction of sp³-hybridized carbons (Fsp3) is 0.571. The van der Waals surface area contributed by atoms with E-state index in [1.165, 1.54) is 24.9 Å². The van der Waals surface area contributed by atoms with Gasteiger partial charge in [0.05, 0.1) is 0 Å². The van der Waals surface area contributed by atoms with E-state index in [1.807, 2.05) is 12.1 Å². The molecule has 2 rings (SSSR count). The molecule has 1 aromatic carbocycles. The molecule has 1 aliphatic rings. The Hall–Kier alpha value is -0.540. The summed E-state index contributed by atoms with van der Waals surface area (Å²) >= 11 is 3.59. The van der Waals surface area contributed by atoms with Crippen LogP contribution in [0.4, 0.5) is 5.69 Å². The summed E-state index contributed by atoms with van der Waals surface area (Å²) in [4.78, 5) is 2.56. The van der Waals surface area contributed by atoms with Crippen LogP contribution >= 0.6 is 15.9 Å². The van der Waals surface area contributed by atoms with Gasteiger partial charge >= 0.3 is 0 Å². The summed E-state index contributed by atoms with van der Waals surface area (Å²) in [5.74, 6) is 0.795. The Labute approximate surface area is 112 Å². The second-order valence-corrected chi connectivity index (χ2v) is 5.94. The number of benzene rings is 1. The van der Waals surface area contributed by atoms with E-state index in [1.54, 1.807) is 0 Å². The first kappa shape index (κ1) is 12.9. The molecule has 1 heterocycles. The molecule has 0 amide bonds. The van der Waals surface area contributed by atoms with Gasteiger partial charge < -0.3 is 5.73 Å². The minimum atomic E-state index is 0.664. The third kappa shape index (κ3) is 2.83. The fourth-order valence-corrected chi connectivity index (χ4v) is 2.97. The number of rotatable bonds is 2. The zero-order valence-corrected chi connectivity index (χ0v) is 12.2. The SMILES string of the molecule is CC1CCCN(Cc2cccc(N)c2Br)C1C. The standard InChI is InChI=1S/C14H21BrN2/c1-10-5-4-8-17(11(10)2)9-12-6-3-7-13(16)14(12)15/h3,6-7,10-11H,4-5,8-9,16H2,1-2H3. The first-order chi connectivity index (χ1) is 8.09. The number of anilines is 1. The summed E-state index contributed by atoms with van der Waals surface area (Å²) in [5.41, 5.74) is 8.05. The normalized spacial score (nSPS) is 26.1. The Bertz CT molecular complexity index is 392. The summed E-state index contributed by atoms with van der Waals surface area (Å²) in [6.07, 6.45) is 2.67. The van der Waals surface area contributed by atoms with Crippen molar-refractivity contribution in [1.82, 2.24) is 4.90 Å². The zero-order chi connectivity index (χ0) is 12.4. The molecular formula is C14H21BrN2. The molecule has 2 nitrogen and oxygen atoms in total. The number of nitrogen functional groups attached to an aromatic ring is 1. The van der Waals surface area contributed by atoms with Crippen LogP contribution < -0.4 is 5.73 Å². The second kappa shape index (κ2) is 5.40. The number of hydrogen-bond acceptors (Lipinski definition) is 2. The number of piperidine rings is 1. The lowest BCUT2D eigenvalue weighted by atomic mass is 9.92. The molecule has 94 valence electrons. The maximum Gasteiger partial charge on any atom is 0.0461 e. The Morgan fingerprint density at radius 1 is 1.41 bits per heavy atom. The number of nitrogens with zero attached hydrogens (tertiary/aromatic N) is 1. The largest absolute Gasteiger partial charge is 0.398 e. The fourth-order valence-electron chi connectivity index (χ4n) is 2.58. The monoisotopic (exact) mass is 296 g/mol. The summed E-state index contributed by atoms with van der Waals surface area (Å²) < 4.78 is 1.06. The molecule has 1 aromatic rings. The van der Waals surface area contributed by atoms with Gasteiger partial charge in [0.2, 0.25) is 0 Å². The lowest BCUT2D eigenvalue weighted by molar-refractivity contribution is 0.106. The van der Waals surface area contributed by atoms with Gasteiger partial charge in [0.25, 0.3) is 0 Å². The molecule has 3 heteroatoms. The maximum absolute atomic E-state index is 5.92. The van der Waals surface area contributed by atoms with Crippen molar-refractivity contribution in [3.8, 4) is 0 Å². The highest BCUT2D eigenvalue weighted by atomic mass is 79.9. The van der Waals surface area contributed by atoms with Gasteiger partial charge in [-0.2, -0.15) is 0 Å². The first-order valence-electron chi connectivity index (χ1n) is 6.36. The van der Waals surface area contributed by atoms with E-state index in [-0.39, 0.29) is 0 Å². The highest BCUT2D eigenvalue weighted by Crippen LogP contribution is 2.29. The van der Waals surface area contributed by atoms with E-state index < -0.39 is 0 Å². The Balaban J connectivity index is 2.12. The summed E-state index contributed by atoms with van der Waals surface area (Å²) in [6.45, 7) is 6.89. The van der Waals surface area contributed by atoms with Crippen molar-refractivity contribution >= 4 is 21.6 Å². The van der Waals surface area contributed by atoms with Crippen LogP contribution in [0.5, 0.6) is 0 Å². The molecular weight excluding hydrogens is 276 g/mol. The molecule has 17 heavy (non-hydrogen) atoms. The van der Waals surface area contributed by atoms with Crippen LogP contribution in [0, 0.1) is 5.92 Å². The van der Waals surface area contributed by atoms with Crippen LogP contribution in [0.15, 0.2) is 22.7 Å². The lowest BCUT2D eigenvalue weighted by Crippen LogP contribution is -2.41. The predicted molar refractivity (Wildman–Crippen MR) is 76.8 cm³/mol. The van der Waals surface area contributed by atoms with Crippen molar-refractivity contribution in [2.75, 3.05) is 12.3 Å². The number of nitrogens with two attached hydrogens (primary N) is 1. The van der Waals surface area contributed by atoms with Gasteiger partial charge in [0.1, 0.15) is 0 Å². The van der Waals surface area contributed by atoms with Gasteiger partial charge in [-0.05, 0) is 59.8 Å². The summed E-state index contributed by atoms with van der Waals surface area (Å²) in [7, 11) is 0. The van der Waals surface area contributed by atoms with E-state index in [0.717, 1.165) is 22.6 Å². The van der Waals surface area contributed by atoms with E-state index in [4.69, 9.17) is 5.73 Å². The highest BCUT2D eigenvalue weighted by molar-refractivity contribution is 9.10. The third-order valence-electron chi connectivity index (χ3n) is 3.99. The van der Waals surface area contributed by atoms with Crippen LogP contribution in [0.3, 0.4) is 0 Å².